The minimum Gasteiger partial charge on any atom is -0.349 e. The SMILES string of the molecule is O=C(C[NH+]1CCc2sccc2[C@@H]1C1CC1)Nc1ccccc1C(=O)NC1CCCC1. The molecule has 158 valence electrons. The number of nitrogens with one attached hydrogen (secondary N) is 3. The third-order valence-corrected chi connectivity index (χ3v) is 7.84. The molecule has 1 aliphatic heterocycles. The standard InChI is InChI=1S/C24H29N3O2S/c28-22(15-27-13-11-21-19(12-14-30-21)23(27)16-9-10-16)26-20-8-4-3-7-18(20)24(29)25-17-5-1-2-6-17/h3-4,7-8,12,14,16-17,23H,1-2,5-6,9-11,13,15H2,(H,25,29)(H,26,28)/p+1/t23-/m0/s1. The van der Waals surface area contributed by atoms with Gasteiger partial charge >= 0.3 is 0 Å². The molecule has 0 radical (unpaired) electrons. The summed E-state index contributed by atoms with van der Waals surface area (Å²) < 4.78 is 0. The van der Waals surface area contributed by atoms with Crippen molar-refractivity contribution in [2.75, 3.05) is 18.4 Å². The van der Waals surface area contributed by atoms with E-state index in [1.54, 1.807) is 6.07 Å². The summed E-state index contributed by atoms with van der Waals surface area (Å²) in [5.41, 5.74) is 2.65. The van der Waals surface area contributed by atoms with Crippen molar-refractivity contribution in [3.05, 3.63) is 51.7 Å². The van der Waals surface area contributed by atoms with Gasteiger partial charge in [-0.05, 0) is 49.3 Å². The molecule has 2 atom stereocenters. The lowest BCUT2D eigenvalue weighted by Crippen LogP contribution is -3.14. The van der Waals surface area contributed by atoms with Crippen LogP contribution in [0.5, 0.6) is 0 Å². The molecule has 1 aromatic heterocycles. The molecule has 2 amide bonds. The van der Waals surface area contributed by atoms with Crippen molar-refractivity contribution in [1.82, 2.24) is 5.32 Å². The van der Waals surface area contributed by atoms with E-state index >= 15 is 0 Å². The second kappa shape index (κ2) is 8.52. The second-order valence-electron chi connectivity index (χ2n) is 9.00. The fourth-order valence-corrected chi connectivity index (χ4v) is 6.15. The number of hydrogen-bond acceptors (Lipinski definition) is 3. The smallest absolute Gasteiger partial charge is 0.279 e. The van der Waals surface area contributed by atoms with Crippen LogP contribution in [-0.2, 0) is 11.2 Å². The number of quaternary nitrogens is 1. The maximum Gasteiger partial charge on any atom is 0.279 e. The zero-order chi connectivity index (χ0) is 20.5. The van der Waals surface area contributed by atoms with Crippen LogP contribution in [0.4, 0.5) is 5.69 Å². The molecule has 3 N–H and O–H groups in total. The average molecular weight is 425 g/mol. The van der Waals surface area contributed by atoms with Gasteiger partial charge in [0.15, 0.2) is 6.54 Å². The number of anilines is 1. The van der Waals surface area contributed by atoms with Crippen LogP contribution in [0.15, 0.2) is 35.7 Å². The number of fused-ring (bicyclic) bond motifs is 1. The Hall–Kier alpha value is -2.18. The van der Waals surface area contributed by atoms with Crippen LogP contribution < -0.4 is 15.5 Å². The summed E-state index contributed by atoms with van der Waals surface area (Å²) in [7, 11) is 0. The Morgan fingerprint density at radius 1 is 1.07 bits per heavy atom. The molecular weight excluding hydrogens is 394 g/mol. The molecule has 2 saturated carbocycles. The molecule has 2 fully saturated rings. The van der Waals surface area contributed by atoms with Gasteiger partial charge in [-0.2, -0.15) is 0 Å². The summed E-state index contributed by atoms with van der Waals surface area (Å²) in [6.45, 7) is 1.46. The predicted molar refractivity (Wildman–Crippen MR) is 119 cm³/mol. The summed E-state index contributed by atoms with van der Waals surface area (Å²) in [5, 5.41) is 8.37. The number of carbonyl (C=O) groups excluding carboxylic acids is 2. The van der Waals surface area contributed by atoms with Gasteiger partial charge in [0.1, 0.15) is 6.04 Å². The molecule has 1 unspecified atom stereocenters. The van der Waals surface area contributed by atoms with Crippen LogP contribution in [0.1, 0.15) is 65.4 Å². The maximum absolute atomic E-state index is 13.0. The highest BCUT2D eigenvalue weighted by Crippen LogP contribution is 2.42. The molecular formula is C24H30N3O2S+. The molecule has 5 nitrogen and oxygen atoms in total. The number of carbonyl (C=O) groups is 2. The lowest BCUT2D eigenvalue weighted by Gasteiger charge is -2.32. The number of rotatable bonds is 6. The van der Waals surface area contributed by atoms with Crippen molar-refractivity contribution in [3.63, 3.8) is 0 Å². The molecule has 2 aliphatic carbocycles. The third-order valence-electron chi connectivity index (χ3n) is 6.85. The highest BCUT2D eigenvalue weighted by molar-refractivity contribution is 7.10. The molecule has 0 bridgehead atoms. The van der Waals surface area contributed by atoms with Crippen LogP contribution >= 0.6 is 11.3 Å². The maximum atomic E-state index is 13.0. The first-order valence-corrected chi connectivity index (χ1v) is 12.2. The van der Waals surface area contributed by atoms with Gasteiger partial charge in [-0.25, -0.2) is 0 Å². The van der Waals surface area contributed by atoms with Crippen LogP contribution in [0.3, 0.4) is 0 Å². The van der Waals surface area contributed by atoms with Crippen molar-refractivity contribution in [1.29, 1.82) is 0 Å². The largest absolute Gasteiger partial charge is 0.349 e. The minimum atomic E-state index is -0.0816. The minimum absolute atomic E-state index is 0.00422. The van der Waals surface area contributed by atoms with Crippen LogP contribution in [0.25, 0.3) is 0 Å². The van der Waals surface area contributed by atoms with Crippen LogP contribution in [0.2, 0.25) is 0 Å². The number of thiophene rings is 1. The van der Waals surface area contributed by atoms with Crippen molar-refractivity contribution in [3.8, 4) is 0 Å². The van der Waals surface area contributed by atoms with Gasteiger partial charge in [0, 0.05) is 28.8 Å². The molecule has 2 heterocycles. The Bertz CT molecular complexity index is 930. The number of amides is 2. The Morgan fingerprint density at radius 3 is 2.67 bits per heavy atom. The summed E-state index contributed by atoms with van der Waals surface area (Å²) in [6, 6.07) is 10.4. The van der Waals surface area contributed by atoms with E-state index in [4.69, 9.17) is 0 Å². The molecule has 5 rings (SSSR count). The summed E-state index contributed by atoms with van der Waals surface area (Å²) in [6.07, 6.45) is 8.05. The first-order chi connectivity index (χ1) is 14.7. The molecule has 1 aromatic carbocycles. The quantitative estimate of drug-likeness (QED) is 0.668. The van der Waals surface area contributed by atoms with Crippen molar-refractivity contribution in [2.45, 2.75) is 57.0 Å². The normalized spacial score (nSPS) is 23.7. The van der Waals surface area contributed by atoms with Gasteiger partial charge in [-0.15, -0.1) is 11.3 Å². The van der Waals surface area contributed by atoms with Gasteiger partial charge in [-0.1, -0.05) is 25.0 Å². The van der Waals surface area contributed by atoms with Gasteiger partial charge in [0.2, 0.25) is 0 Å². The van der Waals surface area contributed by atoms with E-state index in [1.165, 1.54) is 41.0 Å². The van der Waals surface area contributed by atoms with Gasteiger partial charge in [0.25, 0.3) is 11.8 Å². The molecule has 3 aliphatic rings. The lowest BCUT2D eigenvalue weighted by atomic mass is 9.96. The number of para-hydroxylation sites is 1. The van der Waals surface area contributed by atoms with Gasteiger partial charge in [-0.3, -0.25) is 9.59 Å². The first kappa shape index (κ1) is 19.8. The zero-order valence-corrected chi connectivity index (χ0v) is 18.1. The van der Waals surface area contributed by atoms with E-state index in [1.807, 2.05) is 29.5 Å². The molecule has 0 spiro atoms. The fraction of sp³-hybridized carbons (Fsp3) is 0.500. The van der Waals surface area contributed by atoms with Crippen LogP contribution in [0, 0.1) is 5.92 Å². The van der Waals surface area contributed by atoms with E-state index in [2.05, 4.69) is 22.1 Å². The van der Waals surface area contributed by atoms with E-state index in [-0.39, 0.29) is 17.9 Å². The molecule has 30 heavy (non-hydrogen) atoms. The lowest BCUT2D eigenvalue weighted by molar-refractivity contribution is -0.928. The van der Waals surface area contributed by atoms with E-state index < -0.39 is 0 Å². The first-order valence-electron chi connectivity index (χ1n) is 11.3. The molecule has 0 saturated heterocycles. The monoisotopic (exact) mass is 424 g/mol. The van der Waals surface area contributed by atoms with Crippen molar-refractivity contribution >= 4 is 28.8 Å². The summed E-state index contributed by atoms with van der Waals surface area (Å²) >= 11 is 1.86. The Balaban J connectivity index is 1.26. The van der Waals surface area contributed by atoms with Crippen molar-refractivity contribution < 1.29 is 14.5 Å². The Labute approximate surface area is 181 Å². The zero-order valence-electron chi connectivity index (χ0n) is 17.3. The highest BCUT2D eigenvalue weighted by Gasteiger charge is 2.43. The van der Waals surface area contributed by atoms with Crippen molar-refractivity contribution in [2.24, 2.45) is 5.92 Å². The van der Waals surface area contributed by atoms with E-state index in [0.29, 0.717) is 29.8 Å². The summed E-state index contributed by atoms with van der Waals surface area (Å²) in [4.78, 5) is 28.6. The fourth-order valence-electron chi connectivity index (χ4n) is 5.22. The Morgan fingerprint density at radius 2 is 1.87 bits per heavy atom. The van der Waals surface area contributed by atoms with Gasteiger partial charge < -0.3 is 15.5 Å². The van der Waals surface area contributed by atoms with Gasteiger partial charge in [0.05, 0.1) is 17.8 Å². The van der Waals surface area contributed by atoms with E-state index in [0.717, 1.165) is 25.8 Å². The third kappa shape index (κ3) is 4.16. The number of benzene rings is 1. The Kier molecular flexibility index (Phi) is 5.61. The molecule has 6 heteroatoms. The predicted octanol–water partition coefficient (Wildman–Crippen LogP) is 2.95. The molecule has 2 aromatic rings. The van der Waals surface area contributed by atoms with E-state index in [9.17, 15) is 9.59 Å². The number of hydrogen-bond donors (Lipinski definition) is 3. The second-order valence-corrected chi connectivity index (χ2v) is 10.00. The van der Waals surface area contributed by atoms with Crippen LogP contribution in [-0.4, -0.2) is 30.9 Å². The topological polar surface area (TPSA) is 62.6 Å². The summed E-state index contributed by atoms with van der Waals surface area (Å²) in [5.74, 6) is 0.628. The average Bonchev–Trinajstić information content (AvgIpc) is 3.22. The highest BCUT2D eigenvalue weighted by atomic mass is 32.1.